The lowest BCUT2D eigenvalue weighted by atomic mass is 10.3. The van der Waals surface area contributed by atoms with Crippen LogP contribution in [0.5, 0.6) is 0 Å². The van der Waals surface area contributed by atoms with E-state index in [9.17, 15) is 15.2 Å². The number of nitrogens with two attached hydrogens (primary N) is 1. The van der Waals surface area contributed by atoms with Crippen molar-refractivity contribution in [3.05, 3.63) is 22.5 Å². The van der Waals surface area contributed by atoms with Crippen LogP contribution in [0.1, 0.15) is 12.6 Å². The fraction of sp³-hybridized carbons (Fsp3) is 0.571. The molecule has 0 bridgehead atoms. The van der Waals surface area contributed by atoms with E-state index in [0.717, 1.165) is 4.57 Å². The van der Waals surface area contributed by atoms with E-state index in [4.69, 9.17) is 10.5 Å². The molecular weight excluding hydrogens is 204 g/mol. The molecule has 0 radical (unpaired) electrons. The number of rotatable bonds is 5. The van der Waals surface area contributed by atoms with Crippen molar-refractivity contribution in [2.45, 2.75) is 18.9 Å². The number of hydrogen-bond donors (Lipinski definition) is 2. The first-order valence-corrected chi connectivity index (χ1v) is 4.20. The Kier molecular flexibility index (Phi) is 3.72. The molecule has 0 aromatic carbocycles. The van der Waals surface area contributed by atoms with Crippen LogP contribution in [-0.2, 0) is 4.74 Å². The van der Waals surface area contributed by atoms with Crippen LogP contribution in [0.2, 0.25) is 0 Å². The van der Waals surface area contributed by atoms with Crippen LogP contribution in [0.4, 0.5) is 5.95 Å². The van der Waals surface area contributed by atoms with Crippen LogP contribution >= 0.6 is 0 Å². The van der Waals surface area contributed by atoms with Crippen LogP contribution in [0.15, 0.2) is 12.4 Å². The first-order valence-electron chi connectivity index (χ1n) is 4.20. The molecule has 0 aliphatic carbocycles. The van der Waals surface area contributed by atoms with Gasteiger partial charge in [0.05, 0.1) is 0 Å². The van der Waals surface area contributed by atoms with Gasteiger partial charge in [0.15, 0.2) is 6.23 Å². The number of ether oxygens (including phenoxy) is 1. The van der Waals surface area contributed by atoms with Gasteiger partial charge in [0.2, 0.25) is 0 Å². The molecule has 2 unspecified atom stereocenters. The monoisotopic (exact) mass is 216 g/mol. The number of aliphatic hydroxyl groups is 1. The van der Waals surface area contributed by atoms with Crippen molar-refractivity contribution in [3.63, 3.8) is 0 Å². The van der Waals surface area contributed by atoms with Crippen LogP contribution in [0.3, 0.4) is 0 Å². The molecule has 0 aliphatic heterocycles. The molecule has 3 N–H and O–H groups in total. The molecule has 1 aromatic heterocycles. The van der Waals surface area contributed by atoms with Crippen LogP contribution in [-0.4, -0.2) is 32.9 Å². The average Bonchev–Trinajstić information content (AvgIpc) is 2.65. The predicted octanol–water partition coefficient (Wildman–Crippen LogP) is -0.397. The van der Waals surface area contributed by atoms with Gasteiger partial charge in [-0.2, -0.15) is 0 Å². The van der Waals surface area contributed by atoms with Crippen LogP contribution < -0.4 is 5.73 Å². The lowest BCUT2D eigenvalue weighted by molar-refractivity contribution is -0.398. The Bertz CT molecular complexity index is 339. The summed E-state index contributed by atoms with van der Waals surface area (Å²) in [4.78, 5) is 13.3. The molecule has 0 saturated heterocycles. The summed E-state index contributed by atoms with van der Waals surface area (Å²) in [5.41, 5.74) is 5.42. The summed E-state index contributed by atoms with van der Waals surface area (Å²) >= 11 is 0. The Labute approximate surface area is 85.4 Å². The summed E-state index contributed by atoms with van der Waals surface area (Å²) in [6.45, 7) is 0. The second-order valence-corrected chi connectivity index (χ2v) is 2.88. The highest BCUT2D eigenvalue weighted by Crippen LogP contribution is 2.17. The molecule has 0 saturated carbocycles. The van der Waals surface area contributed by atoms with Crippen LogP contribution in [0, 0.1) is 10.1 Å². The Morgan fingerprint density at radius 3 is 3.07 bits per heavy atom. The van der Waals surface area contributed by atoms with Gasteiger partial charge in [-0.05, 0) is 4.92 Å². The Morgan fingerprint density at radius 1 is 1.87 bits per heavy atom. The minimum Gasteiger partial charge on any atom is -0.390 e. The minimum absolute atomic E-state index is 0.0493. The lowest BCUT2D eigenvalue weighted by Crippen LogP contribution is -2.26. The first-order chi connectivity index (χ1) is 7.06. The molecule has 1 aromatic rings. The molecule has 8 nitrogen and oxygen atoms in total. The Hall–Kier alpha value is -1.51. The Morgan fingerprint density at radius 2 is 2.53 bits per heavy atom. The summed E-state index contributed by atoms with van der Waals surface area (Å²) in [6.07, 6.45) is 0.795. The molecular formula is C7H12N4O4. The van der Waals surface area contributed by atoms with Gasteiger partial charge >= 0.3 is 5.95 Å². The fourth-order valence-electron chi connectivity index (χ4n) is 1.10. The number of methoxy groups -OCH3 is 1. The fourth-order valence-corrected chi connectivity index (χ4v) is 1.10. The highest BCUT2D eigenvalue weighted by molar-refractivity contribution is 5.07. The van der Waals surface area contributed by atoms with E-state index in [0.29, 0.717) is 0 Å². The number of imidazole rings is 1. The van der Waals surface area contributed by atoms with E-state index < -0.39 is 23.3 Å². The van der Waals surface area contributed by atoms with Crippen molar-refractivity contribution < 1.29 is 14.8 Å². The maximum atomic E-state index is 10.5. The standard InChI is InChI=1S/C7H12N4O4/c1-15-5(8)4-6(12)10-3-2-9-7(10)11(13)14/h2-3,5-6,12H,4,8H2,1H3. The van der Waals surface area contributed by atoms with Crippen molar-refractivity contribution in [2.24, 2.45) is 5.73 Å². The second kappa shape index (κ2) is 4.82. The zero-order valence-corrected chi connectivity index (χ0v) is 8.11. The Balaban J connectivity index is 2.77. The van der Waals surface area contributed by atoms with Gasteiger partial charge in [-0.25, -0.2) is 4.57 Å². The van der Waals surface area contributed by atoms with E-state index in [2.05, 4.69) is 4.98 Å². The molecule has 0 spiro atoms. The molecule has 0 fully saturated rings. The quantitative estimate of drug-likeness (QED) is 0.393. The van der Waals surface area contributed by atoms with E-state index in [1.807, 2.05) is 0 Å². The van der Waals surface area contributed by atoms with Gasteiger partial charge in [-0.15, -0.1) is 0 Å². The molecule has 8 heteroatoms. The van der Waals surface area contributed by atoms with E-state index in [-0.39, 0.29) is 6.42 Å². The maximum absolute atomic E-state index is 10.5. The first kappa shape index (κ1) is 11.6. The molecule has 15 heavy (non-hydrogen) atoms. The smallest absolute Gasteiger partial charge is 0.390 e. The SMILES string of the molecule is COC(N)CC(O)n1ccnc1[N+](=O)[O-]. The second-order valence-electron chi connectivity index (χ2n) is 2.88. The number of nitro groups is 1. The summed E-state index contributed by atoms with van der Waals surface area (Å²) in [7, 11) is 1.39. The largest absolute Gasteiger partial charge is 0.436 e. The lowest BCUT2D eigenvalue weighted by Gasteiger charge is -2.13. The molecule has 0 amide bonds. The topological polar surface area (TPSA) is 116 Å². The zero-order chi connectivity index (χ0) is 11.4. The molecule has 84 valence electrons. The normalized spacial score (nSPS) is 14.9. The highest BCUT2D eigenvalue weighted by atomic mass is 16.6. The van der Waals surface area contributed by atoms with Crippen molar-refractivity contribution in [2.75, 3.05) is 7.11 Å². The summed E-state index contributed by atoms with van der Waals surface area (Å²) in [5, 5.41) is 20.1. The molecule has 1 heterocycles. The molecule has 2 atom stereocenters. The van der Waals surface area contributed by atoms with Crippen molar-refractivity contribution in [3.8, 4) is 0 Å². The highest BCUT2D eigenvalue weighted by Gasteiger charge is 2.22. The van der Waals surface area contributed by atoms with Gasteiger partial charge in [-0.1, -0.05) is 4.98 Å². The summed E-state index contributed by atoms with van der Waals surface area (Å²) in [6, 6.07) is 0. The van der Waals surface area contributed by atoms with Gasteiger partial charge in [-0.3, -0.25) is 0 Å². The van der Waals surface area contributed by atoms with E-state index >= 15 is 0 Å². The number of nitrogens with zero attached hydrogens (tertiary/aromatic N) is 3. The third-order valence-corrected chi connectivity index (χ3v) is 1.88. The predicted molar refractivity (Wildman–Crippen MR) is 49.7 cm³/mol. The van der Waals surface area contributed by atoms with Gasteiger partial charge < -0.3 is 25.7 Å². The maximum Gasteiger partial charge on any atom is 0.436 e. The summed E-state index contributed by atoms with van der Waals surface area (Å²) < 4.78 is 5.76. The number of aliphatic hydroxyl groups excluding tert-OH is 1. The molecule has 1 rings (SSSR count). The number of hydrogen-bond acceptors (Lipinski definition) is 6. The summed E-state index contributed by atoms with van der Waals surface area (Å²) in [5.74, 6) is -0.425. The van der Waals surface area contributed by atoms with Crippen molar-refractivity contribution >= 4 is 5.95 Å². The third kappa shape index (κ3) is 2.72. The minimum atomic E-state index is -1.12. The zero-order valence-electron chi connectivity index (χ0n) is 8.11. The van der Waals surface area contributed by atoms with E-state index in [1.54, 1.807) is 0 Å². The van der Waals surface area contributed by atoms with Gasteiger partial charge in [0.25, 0.3) is 0 Å². The van der Waals surface area contributed by atoms with Crippen LogP contribution in [0.25, 0.3) is 0 Å². The third-order valence-electron chi connectivity index (χ3n) is 1.88. The van der Waals surface area contributed by atoms with Crippen molar-refractivity contribution in [1.29, 1.82) is 0 Å². The van der Waals surface area contributed by atoms with Crippen molar-refractivity contribution in [1.82, 2.24) is 9.55 Å². The molecule has 0 aliphatic rings. The van der Waals surface area contributed by atoms with Gasteiger partial charge in [0.1, 0.15) is 18.6 Å². The number of aromatic nitrogens is 2. The van der Waals surface area contributed by atoms with E-state index in [1.165, 1.54) is 19.5 Å². The van der Waals surface area contributed by atoms with Gasteiger partial charge in [0, 0.05) is 13.5 Å². The average molecular weight is 216 g/mol.